The summed E-state index contributed by atoms with van der Waals surface area (Å²) < 4.78 is 5.85. The van der Waals surface area contributed by atoms with E-state index in [-0.39, 0.29) is 6.73 Å². The smallest absolute Gasteiger partial charge is 0.166 e. The standard InChI is InChI=1S/C28H29ClN4O/c29-23-16-8-10-18-25(23)34-19-30-24-17-9-7-15-22(24)28-32-26(20-11-3-1-4-12-20)31-27(33-28)21-13-5-2-6-14-21/h7-11,13,15-18,30H,1-6,12,14,19H2. The highest BCUT2D eigenvalue weighted by Crippen LogP contribution is 2.32. The van der Waals surface area contributed by atoms with E-state index in [2.05, 4.69) is 17.5 Å². The summed E-state index contributed by atoms with van der Waals surface area (Å²) >= 11 is 6.23. The number of nitrogens with one attached hydrogen (secondary N) is 1. The molecule has 2 aliphatic carbocycles. The number of nitrogens with zero attached hydrogens (tertiary/aromatic N) is 3. The van der Waals surface area contributed by atoms with Gasteiger partial charge in [-0.15, -0.1) is 0 Å². The Hall–Kier alpha value is -3.18. The summed E-state index contributed by atoms with van der Waals surface area (Å²) in [6.07, 6.45) is 13.6. The van der Waals surface area contributed by atoms with Gasteiger partial charge in [-0.1, -0.05) is 48.0 Å². The molecule has 0 aliphatic heterocycles. The lowest BCUT2D eigenvalue weighted by atomic mass is 9.97. The third-order valence-electron chi connectivity index (χ3n) is 6.29. The van der Waals surface area contributed by atoms with Crippen LogP contribution in [0.25, 0.3) is 22.5 Å². The lowest BCUT2D eigenvalue weighted by Gasteiger charge is -2.17. The SMILES string of the molecule is Clc1ccccc1OCNc1ccccc1-c1nc(C2=CCCCC2)nc(C2=CCCCC2)n1. The van der Waals surface area contributed by atoms with Gasteiger partial charge in [0, 0.05) is 11.3 Å². The zero-order valence-electron chi connectivity index (χ0n) is 19.3. The van der Waals surface area contributed by atoms with E-state index in [9.17, 15) is 0 Å². The first kappa shape index (κ1) is 22.6. The fourth-order valence-electron chi connectivity index (χ4n) is 4.45. The predicted octanol–water partition coefficient (Wildman–Crippen LogP) is 7.56. The number of anilines is 1. The minimum atomic E-state index is 0.280. The van der Waals surface area contributed by atoms with Crippen LogP contribution in [0.5, 0.6) is 5.75 Å². The van der Waals surface area contributed by atoms with Gasteiger partial charge in [0.25, 0.3) is 0 Å². The highest BCUT2D eigenvalue weighted by molar-refractivity contribution is 6.32. The Balaban J connectivity index is 1.47. The Labute approximate surface area is 206 Å². The molecule has 0 atom stereocenters. The summed E-state index contributed by atoms with van der Waals surface area (Å²) in [6, 6.07) is 15.5. The first-order valence-electron chi connectivity index (χ1n) is 12.1. The molecule has 1 heterocycles. The van der Waals surface area contributed by atoms with Crippen molar-refractivity contribution < 1.29 is 4.74 Å². The minimum Gasteiger partial charge on any atom is -0.472 e. The monoisotopic (exact) mass is 472 g/mol. The fraction of sp³-hybridized carbons (Fsp3) is 0.321. The highest BCUT2D eigenvalue weighted by Gasteiger charge is 2.18. The van der Waals surface area contributed by atoms with E-state index in [1.165, 1.54) is 36.8 Å². The Kier molecular flexibility index (Phi) is 7.20. The van der Waals surface area contributed by atoms with Crippen molar-refractivity contribution >= 4 is 28.4 Å². The molecule has 0 fully saturated rings. The molecule has 174 valence electrons. The van der Waals surface area contributed by atoms with Gasteiger partial charge in [-0.25, -0.2) is 15.0 Å². The van der Waals surface area contributed by atoms with Crippen LogP contribution in [0.2, 0.25) is 5.02 Å². The number of hydrogen-bond donors (Lipinski definition) is 1. The maximum absolute atomic E-state index is 6.23. The molecule has 1 N–H and O–H groups in total. The number of hydrogen-bond acceptors (Lipinski definition) is 5. The van der Waals surface area contributed by atoms with Gasteiger partial charge >= 0.3 is 0 Å². The summed E-state index contributed by atoms with van der Waals surface area (Å²) in [7, 11) is 0. The van der Waals surface area contributed by atoms with Gasteiger partial charge in [0.05, 0.1) is 5.02 Å². The maximum Gasteiger partial charge on any atom is 0.166 e. The summed E-state index contributed by atoms with van der Waals surface area (Å²) in [4.78, 5) is 14.8. The van der Waals surface area contributed by atoms with E-state index in [1.807, 2.05) is 48.5 Å². The number of benzene rings is 2. The van der Waals surface area contributed by atoms with E-state index < -0.39 is 0 Å². The highest BCUT2D eigenvalue weighted by atomic mass is 35.5. The topological polar surface area (TPSA) is 59.9 Å². The van der Waals surface area contributed by atoms with Crippen LogP contribution in [-0.4, -0.2) is 21.7 Å². The van der Waals surface area contributed by atoms with Crippen LogP contribution in [0.3, 0.4) is 0 Å². The summed E-state index contributed by atoms with van der Waals surface area (Å²) in [6.45, 7) is 0.280. The Morgan fingerprint density at radius 1 is 0.735 bits per heavy atom. The molecule has 5 rings (SSSR count). The van der Waals surface area contributed by atoms with Gasteiger partial charge in [-0.3, -0.25) is 0 Å². The second-order valence-electron chi connectivity index (χ2n) is 8.70. The number of para-hydroxylation sites is 2. The summed E-state index contributed by atoms with van der Waals surface area (Å²) in [5, 5.41) is 3.96. The normalized spacial score (nSPS) is 15.9. The molecule has 5 nitrogen and oxygen atoms in total. The lowest BCUT2D eigenvalue weighted by Crippen LogP contribution is -2.11. The third-order valence-corrected chi connectivity index (χ3v) is 6.60. The Morgan fingerprint density at radius 3 is 2.00 bits per heavy atom. The molecule has 34 heavy (non-hydrogen) atoms. The van der Waals surface area contributed by atoms with Crippen molar-refractivity contribution in [3.63, 3.8) is 0 Å². The lowest BCUT2D eigenvalue weighted by molar-refractivity contribution is 0.347. The molecule has 1 aromatic heterocycles. The molecule has 0 bridgehead atoms. The molecule has 6 heteroatoms. The Morgan fingerprint density at radius 2 is 1.35 bits per heavy atom. The molecule has 0 spiro atoms. The zero-order valence-corrected chi connectivity index (χ0v) is 20.0. The number of aromatic nitrogens is 3. The first-order valence-corrected chi connectivity index (χ1v) is 12.5. The third kappa shape index (κ3) is 5.31. The van der Waals surface area contributed by atoms with Crippen molar-refractivity contribution in [2.45, 2.75) is 51.4 Å². The molecular formula is C28H29ClN4O. The molecule has 3 aromatic rings. The van der Waals surface area contributed by atoms with Gasteiger partial charge in [0.1, 0.15) is 5.75 Å². The molecular weight excluding hydrogens is 444 g/mol. The largest absolute Gasteiger partial charge is 0.472 e. The summed E-state index contributed by atoms with van der Waals surface area (Å²) in [5.74, 6) is 2.97. The number of allylic oxidation sites excluding steroid dienone is 4. The van der Waals surface area contributed by atoms with Crippen molar-refractivity contribution in [1.82, 2.24) is 15.0 Å². The minimum absolute atomic E-state index is 0.280. The molecule has 0 saturated carbocycles. The van der Waals surface area contributed by atoms with Crippen molar-refractivity contribution in [1.29, 1.82) is 0 Å². The van der Waals surface area contributed by atoms with Crippen LogP contribution >= 0.6 is 11.6 Å². The van der Waals surface area contributed by atoms with E-state index in [4.69, 9.17) is 31.3 Å². The zero-order chi connectivity index (χ0) is 23.2. The van der Waals surface area contributed by atoms with Crippen LogP contribution in [-0.2, 0) is 0 Å². The average Bonchev–Trinajstić information content (AvgIpc) is 2.91. The van der Waals surface area contributed by atoms with Crippen LogP contribution in [0, 0.1) is 0 Å². The van der Waals surface area contributed by atoms with Gasteiger partial charge in [0.2, 0.25) is 0 Å². The molecule has 0 amide bonds. The molecule has 0 unspecified atom stereocenters. The molecule has 2 aromatic carbocycles. The van der Waals surface area contributed by atoms with Crippen LogP contribution in [0.15, 0.2) is 60.7 Å². The van der Waals surface area contributed by atoms with Gasteiger partial charge < -0.3 is 10.1 Å². The van der Waals surface area contributed by atoms with Gasteiger partial charge in [-0.05, 0) is 86.8 Å². The van der Waals surface area contributed by atoms with Crippen molar-refractivity contribution in [3.05, 3.63) is 77.4 Å². The molecule has 0 saturated heterocycles. The van der Waals surface area contributed by atoms with Crippen LogP contribution in [0.1, 0.15) is 63.0 Å². The van der Waals surface area contributed by atoms with Gasteiger partial charge in [0.15, 0.2) is 24.2 Å². The molecule has 2 aliphatic rings. The second-order valence-corrected chi connectivity index (χ2v) is 9.11. The van der Waals surface area contributed by atoms with Crippen molar-refractivity contribution in [3.8, 4) is 17.1 Å². The van der Waals surface area contributed by atoms with E-state index in [0.717, 1.165) is 48.6 Å². The number of ether oxygens (including phenoxy) is 1. The number of rotatable bonds is 7. The maximum atomic E-state index is 6.23. The van der Waals surface area contributed by atoms with Gasteiger partial charge in [-0.2, -0.15) is 0 Å². The first-order chi connectivity index (χ1) is 16.8. The second kappa shape index (κ2) is 10.8. The summed E-state index contributed by atoms with van der Waals surface area (Å²) in [5.41, 5.74) is 4.32. The average molecular weight is 473 g/mol. The fourth-order valence-corrected chi connectivity index (χ4v) is 4.64. The van der Waals surface area contributed by atoms with E-state index in [1.54, 1.807) is 0 Å². The van der Waals surface area contributed by atoms with Crippen molar-refractivity contribution in [2.75, 3.05) is 12.0 Å². The Bertz CT molecular complexity index is 1180. The predicted molar refractivity (Wildman–Crippen MR) is 139 cm³/mol. The van der Waals surface area contributed by atoms with Crippen LogP contribution in [0.4, 0.5) is 5.69 Å². The van der Waals surface area contributed by atoms with E-state index in [0.29, 0.717) is 16.6 Å². The molecule has 0 radical (unpaired) electrons. The number of halogens is 1. The van der Waals surface area contributed by atoms with E-state index >= 15 is 0 Å². The quantitative estimate of drug-likeness (QED) is 0.359. The van der Waals surface area contributed by atoms with Crippen LogP contribution < -0.4 is 10.1 Å². The van der Waals surface area contributed by atoms with Crippen molar-refractivity contribution in [2.24, 2.45) is 0 Å².